The molecule has 1 aliphatic heterocycles. The van der Waals surface area contributed by atoms with E-state index in [1.54, 1.807) is 0 Å². The Labute approximate surface area is 86.2 Å². The van der Waals surface area contributed by atoms with Gasteiger partial charge in [-0.3, -0.25) is 0 Å². The lowest BCUT2D eigenvalue weighted by Crippen LogP contribution is -2.45. The summed E-state index contributed by atoms with van der Waals surface area (Å²) in [6.07, 6.45) is 6.04. The van der Waals surface area contributed by atoms with Crippen LogP contribution in [0.15, 0.2) is 0 Å². The first-order chi connectivity index (χ1) is 6.36. The van der Waals surface area contributed by atoms with Crippen molar-refractivity contribution in [3.05, 3.63) is 0 Å². The largest absolute Gasteiger partial charge is 0.317 e. The molecule has 2 nitrogen and oxygen atoms in total. The molecule has 0 saturated carbocycles. The quantitative estimate of drug-likeness (QED) is 0.706. The number of hydrogen-bond acceptors (Lipinski definition) is 3. The van der Waals surface area contributed by atoms with Crippen molar-refractivity contribution in [1.82, 2.24) is 10.6 Å². The van der Waals surface area contributed by atoms with Gasteiger partial charge in [-0.05, 0) is 38.6 Å². The van der Waals surface area contributed by atoms with Crippen LogP contribution in [0.5, 0.6) is 0 Å². The first kappa shape index (κ1) is 11.3. The molecule has 1 unspecified atom stereocenters. The average Bonchev–Trinajstić information content (AvgIpc) is 2.19. The molecule has 78 valence electrons. The lowest BCUT2D eigenvalue weighted by molar-refractivity contribution is 0.354. The Balaban J connectivity index is 2.18. The summed E-state index contributed by atoms with van der Waals surface area (Å²) in [4.78, 5) is 0. The zero-order valence-electron chi connectivity index (χ0n) is 8.81. The molecule has 1 heterocycles. The molecule has 0 amide bonds. The minimum atomic E-state index is 0.720. The highest BCUT2D eigenvalue weighted by Gasteiger charge is 2.15. The van der Waals surface area contributed by atoms with Crippen LogP contribution in [0.2, 0.25) is 0 Å². The maximum absolute atomic E-state index is 3.75. The van der Waals surface area contributed by atoms with E-state index in [4.69, 9.17) is 0 Å². The topological polar surface area (TPSA) is 24.1 Å². The van der Waals surface area contributed by atoms with Crippen LogP contribution in [0.3, 0.4) is 0 Å². The molecule has 1 saturated heterocycles. The summed E-state index contributed by atoms with van der Waals surface area (Å²) in [6, 6.07) is 1.48. The predicted molar refractivity (Wildman–Crippen MR) is 61.5 cm³/mol. The van der Waals surface area contributed by atoms with Crippen molar-refractivity contribution < 1.29 is 0 Å². The Morgan fingerprint density at radius 2 is 2.15 bits per heavy atom. The number of piperidine rings is 1. The van der Waals surface area contributed by atoms with Gasteiger partial charge in [-0.25, -0.2) is 0 Å². The highest BCUT2D eigenvalue weighted by atomic mass is 32.2. The zero-order valence-corrected chi connectivity index (χ0v) is 9.62. The molecule has 2 N–H and O–H groups in total. The Kier molecular flexibility index (Phi) is 5.83. The Morgan fingerprint density at radius 1 is 1.46 bits per heavy atom. The van der Waals surface area contributed by atoms with Gasteiger partial charge in [-0.15, -0.1) is 0 Å². The zero-order chi connectivity index (χ0) is 9.52. The van der Waals surface area contributed by atoms with Gasteiger partial charge in [0.05, 0.1) is 0 Å². The molecule has 13 heavy (non-hydrogen) atoms. The molecule has 0 aromatic carbocycles. The maximum Gasteiger partial charge on any atom is 0.0158 e. The average molecular weight is 202 g/mol. The van der Waals surface area contributed by atoms with Gasteiger partial charge < -0.3 is 10.6 Å². The Bertz CT molecular complexity index is 121. The van der Waals surface area contributed by atoms with Crippen LogP contribution in [0, 0.1) is 0 Å². The Morgan fingerprint density at radius 3 is 2.69 bits per heavy atom. The van der Waals surface area contributed by atoms with Gasteiger partial charge in [0.15, 0.2) is 0 Å². The molecule has 0 radical (unpaired) electrons. The summed E-state index contributed by atoms with van der Waals surface area (Å²) in [5.41, 5.74) is 0. The van der Waals surface area contributed by atoms with Gasteiger partial charge in [0, 0.05) is 17.8 Å². The van der Waals surface area contributed by atoms with Crippen molar-refractivity contribution in [2.24, 2.45) is 0 Å². The van der Waals surface area contributed by atoms with E-state index < -0.39 is 0 Å². The number of nitrogens with one attached hydrogen (secondary N) is 2. The van der Waals surface area contributed by atoms with Crippen molar-refractivity contribution in [2.75, 3.05) is 25.1 Å². The summed E-state index contributed by atoms with van der Waals surface area (Å²) >= 11 is 1.94. The molecule has 1 fully saturated rings. The predicted octanol–water partition coefficient (Wildman–Crippen LogP) is 1.47. The summed E-state index contributed by atoms with van der Waals surface area (Å²) in [7, 11) is 0. The lowest BCUT2D eigenvalue weighted by Gasteiger charge is -2.28. The van der Waals surface area contributed by atoms with Crippen molar-refractivity contribution in [3.63, 3.8) is 0 Å². The van der Waals surface area contributed by atoms with Crippen LogP contribution >= 0.6 is 11.8 Å². The van der Waals surface area contributed by atoms with Gasteiger partial charge in [-0.1, -0.05) is 6.92 Å². The smallest absolute Gasteiger partial charge is 0.0158 e. The van der Waals surface area contributed by atoms with Crippen molar-refractivity contribution >= 4 is 11.8 Å². The van der Waals surface area contributed by atoms with Crippen LogP contribution < -0.4 is 10.6 Å². The molecule has 1 atom stereocenters. The molecule has 0 bridgehead atoms. The van der Waals surface area contributed by atoms with Gasteiger partial charge in [-0.2, -0.15) is 11.8 Å². The third kappa shape index (κ3) is 4.34. The molecule has 0 aromatic rings. The monoisotopic (exact) mass is 202 g/mol. The van der Waals surface area contributed by atoms with Crippen LogP contribution in [0.4, 0.5) is 0 Å². The van der Waals surface area contributed by atoms with E-state index in [-0.39, 0.29) is 0 Å². The maximum atomic E-state index is 3.75. The molecule has 0 aliphatic carbocycles. The number of hydrogen-bond donors (Lipinski definition) is 2. The lowest BCUT2D eigenvalue weighted by atomic mass is 10.1. The van der Waals surface area contributed by atoms with E-state index in [9.17, 15) is 0 Å². The van der Waals surface area contributed by atoms with Crippen molar-refractivity contribution in [2.45, 2.75) is 38.3 Å². The second-order valence-corrected chi connectivity index (χ2v) is 4.66. The van der Waals surface area contributed by atoms with Crippen molar-refractivity contribution in [3.8, 4) is 0 Å². The molecular formula is C10H22N2S. The minimum absolute atomic E-state index is 0.720. The second kappa shape index (κ2) is 6.68. The summed E-state index contributed by atoms with van der Waals surface area (Å²) in [6.45, 7) is 4.65. The fourth-order valence-electron chi connectivity index (χ4n) is 1.81. The van der Waals surface area contributed by atoms with E-state index in [0.29, 0.717) is 0 Å². The fraction of sp³-hybridized carbons (Fsp3) is 1.00. The highest BCUT2D eigenvalue weighted by molar-refractivity contribution is 7.98. The van der Waals surface area contributed by atoms with E-state index in [2.05, 4.69) is 23.8 Å². The molecule has 1 rings (SSSR count). The third-order valence-corrected chi connectivity index (χ3v) is 3.41. The van der Waals surface area contributed by atoms with Gasteiger partial charge in [0.25, 0.3) is 0 Å². The van der Waals surface area contributed by atoms with Gasteiger partial charge >= 0.3 is 0 Å². The third-order valence-electron chi connectivity index (χ3n) is 2.67. The molecule has 0 aromatic heterocycles. The first-order valence-electron chi connectivity index (χ1n) is 5.32. The van der Waals surface area contributed by atoms with Gasteiger partial charge in [0.1, 0.15) is 0 Å². The highest BCUT2D eigenvalue weighted by Crippen LogP contribution is 2.07. The number of rotatable bonds is 5. The van der Waals surface area contributed by atoms with Crippen molar-refractivity contribution in [1.29, 1.82) is 0 Å². The second-order valence-electron chi connectivity index (χ2n) is 3.75. The molecule has 1 aliphatic rings. The van der Waals surface area contributed by atoms with E-state index in [0.717, 1.165) is 12.1 Å². The van der Waals surface area contributed by atoms with Crippen LogP contribution in [0.25, 0.3) is 0 Å². The van der Waals surface area contributed by atoms with Crippen LogP contribution in [-0.2, 0) is 0 Å². The molecule has 3 heteroatoms. The summed E-state index contributed by atoms with van der Waals surface area (Å²) in [5, 5.41) is 7.14. The minimum Gasteiger partial charge on any atom is -0.317 e. The number of thioether (sulfide) groups is 1. The molecule has 0 spiro atoms. The van der Waals surface area contributed by atoms with Crippen LogP contribution in [-0.4, -0.2) is 37.2 Å². The summed E-state index contributed by atoms with van der Waals surface area (Å²) in [5.74, 6) is 1.25. The normalized spacial score (nSPS) is 21.7. The Hall–Kier alpha value is 0.270. The van der Waals surface area contributed by atoms with E-state index in [1.165, 1.54) is 38.1 Å². The molecular weight excluding hydrogens is 180 g/mol. The standard InChI is InChI=1S/C10H22N2S/c1-3-9(8-13-2)12-10-4-6-11-7-5-10/h9-12H,3-8H2,1-2H3. The summed E-state index contributed by atoms with van der Waals surface area (Å²) < 4.78 is 0. The fourth-order valence-corrected chi connectivity index (χ4v) is 2.54. The van der Waals surface area contributed by atoms with E-state index >= 15 is 0 Å². The van der Waals surface area contributed by atoms with Gasteiger partial charge in [0.2, 0.25) is 0 Å². The SMILES string of the molecule is CCC(CSC)NC1CCNCC1. The van der Waals surface area contributed by atoms with E-state index in [1.807, 2.05) is 11.8 Å². The van der Waals surface area contributed by atoms with Crippen LogP contribution in [0.1, 0.15) is 26.2 Å². The first-order valence-corrected chi connectivity index (χ1v) is 6.72.